The van der Waals surface area contributed by atoms with Gasteiger partial charge in [0, 0.05) is 36.5 Å². The van der Waals surface area contributed by atoms with Crippen LogP contribution in [0, 0.1) is 23.2 Å². The summed E-state index contributed by atoms with van der Waals surface area (Å²) in [6.07, 6.45) is 15.4. The Hall–Kier alpha value is -3.66. The van der Waals surface area contributed by atoms with Crippen molar-refractivity contribution in [2.75, 3.05) is 18.6 Å². The Kier molecular flexibility index (Phi) is 8.84. The smallest absolute Gasteiger partial charge is 0.231 e. The number of nitriles is 1. The van der Waals surface area contributed by atoms with Crippen LogP contribution in [0.25, 0.3) is 11.1 Å². The zero-order valence-electron chi connectivity index (χ0n) is 24.1. The molecule has 0 aliphatic heterocycles. The molecule has 5 rings (SSSR count). The molecule has 210 valence electrons. The van der Waals surface area contributed by atoms with Crippen molar-refractivity contribution >= 4 is 11.7 Å². The summed E-state index contributed by atoms with van der Waals surface area (Å²) in [4.78, 5) is 20.7. The van der Waals surface area contributed by atoms with Gasteiger partial charge in [-0.25, -0.2) is 4.98 Å². The van der Waals surface area contributed by atoms with Gasteiger partial charge >= 0.3 is 0 Å². The molecule has 0 radical (unpaired) electrons. The monoisotopic (exact) mass is 539 g/mol. The summed E-state index contributed by atoms with van der Waals surface area (Å²) in [5, 5.41) is 14.0. The average molecular weight is 540 g/mol. The molecule has 7 heteroatoms. The van der Waals surface area contributed by atoms with E-state index in [1.165, 1.54) is 12.0 Å². The van der Waals surface area contributed by atoms with Crippen LogP contribution in [0.1, 0.15) is 94.7 Å². The molecular formula is C33H41N5O2. The Labute approximate surface area is 238 Å². The summed E-state index contributed by atoms with van der Waals surface area (Å²) in [5.41, 5.74) is 3.88. The summed E-state index contributed by atoms with van der Waals surface area (Å²) in [6.45, 7) is 4.94. The Morgan fingerprint density at radius 1 is 1.07 bits per heavy atom. The van der Waals surface area contributed by atoms with E-state index in [0.717, 1.165) is 68.3 Å². The van der Waals surface area contributed by atoms with Gasteiger partial charge in [0.05, 0.1) is 18.9 Å². The molecule has 0 atom stereocenters. The molecule has 2 saturated carbocycles. The third-order valence-corrected chi connectivity index (χ3v) is 8.81. The van der Waals surface area contributed by atoms with Gasteiger partial charge in [-0.3, -0.25) is 14.4 Å². The van der Waals surface area contributed by atoms with Gasteiger partial charge in [0.15, 0.2) is 0 Å². The Balaban J connectivity index is 1.33. The van der Waals surface area contributed by atoms with Crippen LogP contribution in [0.15, 0.2) is 48.9 Å². The van der Waals surface area contributed by atoms with Crippen molar-refractivity contribution in [2.24, 2.45) is 11.8 Å². The van der Waals surface area contributed by atoms with E-state index < -0.39 is 0 Å². The number of rotatable bonds is 8. The molecule has 40 heavy (non-hydrogen) atoms. The van der Waals surface area contributed by atoms with Crippen LogP contribution in [0.3, 0.4) is 0 Å². The molecule has 0 unspecified atom stereocenters. The number of amides is 1. The van der Waals surface area contributed by atoms with Crippen molar-refractivity contribution in [3.05, 3.63) is 60.0 Å². The third-order valence-electron chi connectivity index (χ3n) is 8.81. The molecule has 2 aliphatic carbocycles. The first-order valence-electron chi connectivity index (χ1n) is 14.9. The summed E-state index contributed by atoms with van der Waals surface area (Å²) in [6, 6.07) is 12.6. The number of aromatic nitrogens is 3. The zero-order valence-corrected chi connectivity index (χ0v) is 24.1. The van der Waals surface area contributed by atoms with E-state index in [9.17, 15) is 10.1 Å². The first-order valence-corrected chi connectivity index (χ1v) is 14.9. The third kappa shape index (κ3) is 6.22. The fourth-order valence-corrected chi connectivity index (χ4v) is 6.38. The zero-order chi connectivity index (χ0) is 28.1. The van der Waals surface area contributed by atoms with Crippen LogP contribution in [-0.4, -0.2) is 34.3 Å². The number of benzene rings is 1. The Bertz CT molecular complexity index is 1340. The molecule has 0 N–H and O–H groups in total. The molecule has 0 saturated heterocycles. The van der Waals surface area contributed by atoms with E-state index in [2.05, 4.69) is 43.3 Å². The molecule has 1 aromatic carbocycles. The topological polar surface area (TPSA) is 84.0 Å². The maximum Gasteiger partial charge on any atom is 0.231 e. The fourth-order valence-electron chi connectivity index (χ4n) is 6.38. The highest BCUT2D eigenvalue weighted by molar-refractivity contribution is 5.94. The van der Waals surface area contributed by atoms with Gasteiger partial charge in [-0.1, -0.05) is 25.3 Å². The minimum absolute atomic E-state index is 0.0861. The van der Waals surface area contributed by atoms with E-state index in [0.29, 0.717) is 35.7 Å². The van der Waals surface area contributed by atoms with Gasteiger partial charge in [-0.15, -0.1) is 0 Å². The van der Waals surface area contributed by atoms with Crippen LogP contribution in [0.4, 0.5) is 5.82 Å². The molecule has 3 aromatic rings. The molecular weight excluding hydrogens is 498 g/mol. The van der Waals surface area contributed by atoms with Gasteiger partial charge < -0.3 is 4.74 Å². The number of hydrogen-bond donors (Lipinski definition) is 0. The largest absolute Gasteiger partial charge is 0.495 e. The standard InChI is InChI=1S/C33H41N5O2/c1-23(2)38-22-30(20-36-38)28-15-16-35-32(18-28)37(33(39)26-7-5-4-6-8-26)21-24-9-11-25(12-10-24)27-13-14-31(40-3)29(17-27)19-34/h13-18,20,22-26H,4-12,21H2,1-3H3/t24-,25-. The maximum atomic E-state index is 14.0. The van der Waals surface area contributed by atoms with Crippen molar-refractivity contribution in [1.29, 1.82) is 5.26 Å². The van der Waals surface area contributed by atoms with E-state index in [1.54, 1.807) is 7.11 Å². The minimum Gasteiger partial charge on any atom is -0.495 e. The van der Waals surface area contributed by atoms with Crippen molar-refractivity contribution in [2.45, 2.75) is 83.6 Å². The first-order chi connectivity index (χ1) is 19.5. The SMILES string of the molecule is COc1ccc([C@H]2CC[C@H](CN(C(=O)C3CCCCC3)c3cc(-c4cnn(C(C)C)c4)ccn3)CC2)cc1C#N. The van der Waals surface area contributed by atoms with Gasteiger partial charge in [-0.05, 0) is 99.6 Å². The molecule has 2 aromatic heterocycles. The summed E-state index contributed by atoms with van der Waals surface area (Å²) >= 11 is 0. The number of anilines is 1. The van der Waals surface area contributed by atoms with Crippen molar-refractivity contribution in [3.8, 4) is 22.9 Å². The first kappa shape index (κ1) is 27.9. The van der Waals surface area contributed by atoms with Gasteiger partial charge in [0.1, 0.15) is 17.6 Å². The van der Waals surface area contributed by atoms with Crippen molar-refractivity contribution in [3.63, 3.8) is 0 Å². The summed E-state index contributed by atoms with van der Waals surface area (Å²) in [5.74, 6) is 2.55. The maximum absolute atomic E-state index is 14.0. The normalized spacial score (nSPS) is 19.8. The average Bonchev–Trinajstić information content (AvgIpc) is 3.51. The number of carbonyl (C=O) groups excluding carboxylic acids is 1. The lowest BCUT2D eigenvalue weighted by Gasteiger charge is -2.35. The second kappa shape index (κ2) is 12.7. The number of carbonyl (C=O) groups is 1. The highest BCUT2D eigenvalue weighted by Crippen LogP contribution is 2.38. The number of methoxy groups -OCH3 is 1. The van der Waals surface area contributed by atoms with Crippen molar-refractivity contribution in [1.82, 2.24) is 14.8 Å². The van der Waals surface area contributed by atoms with E-state index in [-0.39, 0.29) is 11.8 Å². The molecule has 1 amide bonds. The molecule has 7 nitrogen and oxygen atoms in total. The van der Waals surface area contributed by atoms with Crippen molar-refractivity contribution < 1.29 is 9.53 Å². The molecule has 2 fully saturated rings. The molecule has 0 spiro atoms. The number of pyridine rings is 1. The lowest BCUT2D eigenvalue weighted by atomic mass is 9.78. The van der Waals surface area contributed by atoms with E-state index in [1.807, 2.05) is 40.2 Å². The summed E-state index contributed by atoms with van der Waals surface area (Å²) < 4.78 is 7.29. The fraction of sp³-hybridized carbons (Fsp3) is 0.515. The Morgan fingerprint density at radius 2 is 1.85 bits per heavy atom. The lowest BCUT2D eigenvalue weighted by Crippen LogP contribution is -2.41. The quantitative estimate of drug-likeness (QED) is 0.300. The van der Waals surface area contributed by atoms with E-state index in [4.69, 9.17) is 9.72 Å². The molecule has 2 aliphatic rings. The highest BCUT2D eigenvalue weighted by Gasteiger charge is 2.31. The molecule has 2 heterocycles. The van der Waals surface area contributed by atoms with Crippen LogP contribution >= 0.6 is 0 Å². The van der Waals surface area contributed by atoms with Gasteiger partial charge in [0.25, 0.3) is 0 Å². The number of nitrogens with zero attached hydrogens (tertiary/aromatic N) is 5. The molecule has 0 bridgehead atoms. The van der Waals surface area contributed by atoms with Crippen LogP contribution in [-0.2, 0) is 4.79 Å². The second-order valence-electron chi connectivity index (χ2n) is 11.8. The predicted octanol–water partition coefficient (Wildman–Crippen LogP) is 7.29. The minimum atomic E-state index is 0.0861. The predicted molar refractivity (Wildman–Crippen MR) is 157 cm³/mol. The van der Waals surface area contributed by atoms with Gasteiger partial charge in [-0.2, -0.15) is 10.4 Å². The van der Waals surface area contributed by atoms with Crippen LogP contribution in [0.5, 0.6) is 5.75 Å². The number of ether oxygens (including phenoxy) is 1. The lowest BCUT2D eigenvalue weighted by molar-refractivity contribution is -0.123. The Morgan fingerprint density at radius 3 is 2.52 bits per heavy atom. The number of hydrogen-bond acceptors (Lipinski definition) is 5. The second-order valence-corrected chi connectivity index (χ2v) is 11.8. The van der Waals surface area contributed by atoms with Crippen LogP contribution in [0.2, 0.25) is 0 Å². The summed E-state index contributed by atoms with van der Waals surface area (Å²) in [7, 11) is 1.60. The van der Waals surface area contributed by atoms with Crippen LogP contribution < -0.4 is 9.64 Å². The van der Waals surface area contributed by atoms with E-state index >= 15 is 0 Å². The highest BCUT2D eigenvalue weighted by atomic mass is 16.5. The van der Waals surface area contributed by atoms with Gasteiger partial charge in [0.2, 0.25) is 5.91 Å².